The lowest BCUT2D eigenvalue weighted by molar-refractivity contribution is -0.137. The van der Waals surface area contributed by atoms with Crippen molar-refractivity contribution in [1.82, 2.24) is 15.5 Å². The number of anilines is 2. The Hall–Kier alpha value is -3.69. The number of hydrogen-bond donors (Lipinski definition) is 4. The van der Waals surface area contributed by atoms with Crippen molar-refractivity contribution in [3.63, 3.8) is 0 Å². The highest BCUT2D eigenvalue weighted by molar-refractivity contribution is 6.43. The van der Waals surface area contributed by atoms with Crippen molar-refractivity contribution in [1.29, 1.82) is 0 Å². The minimum atomic E-state index is -1.10. The molecule has 2 saturated carbocycles. The number of para-hydroxylation sites is 2. The monoisotopic (exact) mass is 577 g/mol. The van der Waals surface area contributed by atoms with Crippen LogP contribution in [0.25, 0.3) is 0 Å². The minimum absolute atomic E-state index is 0.0559. The summed E-state index contributed by atoms with van der Waals surface area (Å²) in [6.07, 6.45) is 11.4. The van der Waals surface area contributed by atoms with Crippen LogP contribution in [-0.2, 0) is 19.2 Å². The average Bonchev–Trinajstić information content (AvgIpc) is 3.40. The van der Waals surface area contributed by atoms with Crippen molar-refractivity contribution in [2.24, 2.45) is 10.8 Å². The number of benzene rings is 1. The lowest BCUT2D eigenvalue weighted by atomic mass is 9.74. The number of amides is 5. The second-order valence-corrected chi connectivity index (χ2v) is 13.5. The third kappa shape index (κ3) is 6.22. The first-order chi connectivity index (χ1) is 19.9. The smallest absolute Gasteiger partial charge is 0.318 e. The van der Waals surface area contributed by atoms with Crippen LogP contribution in [0.15, 0.2) is 36.4 Å². The van der Waals surface area contributed by atoms with Gasteiger partial charge in [-0.3, -0.25) is 19.2 Å². The number of Topliss-reactive ketones (excluding diaryl/α,β-unsaturated/α-hetero) is 1. The lowest BCUT2D eigenvalue weighted by Crippen LogP contribution is -2.56. The first kappa shape index (κ1) is 29.8. The largest absolute Gasteiger partial charge is 0.344 e. The van der Waals surface area contributed by atoms with Crippen LogP contribution in [0.4, 0.5) is 16.2 Å². The maximum absolute atomic E-state index is 13.8. The molecule has 10 nitrogen and oxygen atoms in total. The van der Waals surface area contributed by atoms with E-state index in [4.69, 9.17) is 0 Å². The molecule has 4 aliphatic rings. The Morgan fingerprint density at radius 3 is 2.31 bits per heavy atom. The Kier molecular flexibility index (Phi) is 8.18. The summed E-state index contributed by atoms with van der Waals surface area (Å²) in [5.41, 5.74) is 0.418. The summed E-state index contributed by atoms with van der Waals surface area (Å²) in [5, 5.41) is 11.3. The van der Waals surface area contributed by atoms with Gasteiger partial charge in [0.1, 0.15) is 12.1 Å². The molecule has 3 fully saturated rings. The van der Waals surface area contributed by atoms with E-state index >= 15 is 0 Å². The number of ketones is 1. The molecule has 2 spiro atoms. The second-order valence-electron chi connectivity index (χ2n) is 13.5. The summed E-state index contributed by atoms with van der Waals surface area (Å²) < 4.78 is 0. The molecule has 1 aromatic carbocycles. The highest BCUT2D eigenvalue weighted by Gasteiger charge is 2.73. The Balaban J connectivity index is 1.35. The number of rotatable bonds is 2. The molecular formula is C32H43N5O5. The number of carbonyl (C=O) groups is 5. The molecule has 1 saturated heterocycles. The molecule has 42 heavy (non-hydrogen) atoms. The zero-order valence-corrected chi connectivity index (χ0v) is 24.9. The molecule has 0 radical (unpaired) electrons. The van der Waals surface area contributed by atoms with Gasteiger partial charge in [0.15, 0.2) is 0 Å². The van der Waals surface area contributed by atoms with Crippen molar-refractivity contribution in [3.8, 4) is 0 Å². The van der Waals surface area contributed by atoms with E-state index in [9.17, 15) is 24.0 Å². The highest BCUT2D eigenvalue weighted by Crippen LogP contribution is 2.77. The molecule has 3 atom stereocenters. The Labute approximate surface area is 247 Å². The summed E-state index contributed by atoms with van der Waals surface area (Å²) in [4.78, 5) is 67.9. The SMILES string of the molecule is CC(C)(C)NC(=O)N1C[C@]2(C[C@H]1C(=O)N[C@@H]1CC=CCCCCC(=O)Nc3ccccc3NC(=O)C1=O)CC21CCC1. The Bertz CT molecular complexity index is 1300. The summed E-state index contributed by atoms with van der Waals surface area (Å²) in [7, 11) is 0. The number of urea groups is 1. The third-order valence-electron chi connectivity index (χ3n) is 9.34. The molecule has 2 aliphatic carbocycles. The normalized spacial score (nSPS) is 27.7. The maximum atomic E-state index is 13.8. The van der Waals surface area contributed by atoms with Crippen LogP contribution in [-0.4, -0.2) is 58.6 Å². The molecule has 2 heterocycles. The highest BCUT2D eigenvalue weighted by atomic mass is 16.2. The Morgan fingerprint density at radius 1 is 0.952 bits per heavy atom. The van der Waals surface area contributed by atoms with Crippen LogP contribution in [0, 0.1) is 10.8 Å². The molecule has 226 valence electrons. The second kappa shape index (κ2) is 11.5. The number of carbonyl (C=O) groups excluding carboxylic acids is 5. The zero-order valence-electron chi connectivity index (χ0n) is 24.9. The first-order valence-corrected chi connectivity index (χ1v) is 15.2. The van der Waals surface area contributed by atoms with E-state index in [1.54, 1.807) is 35.2 Å². The fraction of sp³-hybridized carbons (Fsp3) is 0.594. The fourth-order valence-electron chi connectivity index (χ4n) is 6.90. The topological polar surface area (TPSA) is 137 Å². The first-order valence-electron chi connectivity index (χ1n) is 15.2. The summed E-state index contributed by atoms with van der Waals surface area (Å²) in [6.45, 7) is 6.23. The molecule has 0 aromatic heterocycles. The van der Waals surface area contributed by atoms with Crippen molar-refractivity contribution < 1.29 is 24.0 Å². The lowest BCUT2D eigenvalue weighted by Gasteiger charge is -2.31. The van der Waals surface area contributed by atoms with Crippen molar-refractivity contribution >= 4 is 40.9 Å². The molecule has 2 aliphatic heterocycles. The van der Waals surface area contributed by atoms with Crippen molar-refractivity contribution in [3.05, 3.63) is 36.4 Å². The summed E-state index contributed by atoms with van der Waals surface area (Å²) in [5.74, 6) is -2.25. The van der Waals surface area contributed by atoms with Crippen LogP contribution in [0.1, 0.15) is 85.0 Å². The van der Waals surface area contributed by atoms with Crippen LogP contribution in [0.2, 0.25) is 0 Å². The van der Waals surface area contributed by atoms with E-state index < -0.39 is 35.2 Å². The number of hydrogen-bond acceptors (Lipinski definition) is 5. The standard InChI is InChI=1S/C32H43N5O5/c1-30(2,3)36-29(42)37-20-32(19-31(32)16-11-17-31)18-24(37)27(40)35-23-14-7-5-4-6-8-15-25(38)33-21-12-9-10-13-22(21)34-28(41)26(23)39/h5,7,9-10,12-13,23-24H,4,6,8,11,14-20H2,1-3H3,(H,33,38)(H,34,41)(H,35,40)(H,36,42)/t23-,24+,32+/m1/s1. The van der Waals surface area contributed by atoms with Crippen LogP contribution in [0.5, 0.6) is 0 Å². The molecule has 0 unspecified atom stereocenters. The molecule has 4 N–H and O–H groups in total. The quantitative estimate of drug-likeness (QED) is 0.307. The van der Waals surface area contributed by atoms with Gasteiger partial charge < -0.3 is 26.2 Å². The molecule has 5 amide bonds. The van der Waals surface area contributed by atoms with Gasteiger partial charge in [0.05, 0.1) is 11.4 Å². The van der Waals surface area contributed by atoms with Gasteiger partial charge in [-0.2, -0.15) is 0 Å². The number of nitrogens with one attached hydrogen (secondary N) is 4. The van der Waals surface area contributed by atoms with Crippen LogP contribution in [0.3, 0.4) is 0 Å². The van der Waals surface area contributed by atoms with Gasteiger partial charge in [-0.15, -0.1) is 0 Å². The van der Waals surface area contributed by atoms with E-state index in [1.165, 1.54) is 6.42 Å². The van der Waals surface area contributed by atoms with Gasteiger partial charge in [-0.25, -0.2) is 4.79 Å². The average molecular weight is 578 g/mol. The third-order valence-corrected chi connectivity index (χ3v) is 9.34. The van der Waals surface area contributed by atoms with Gasteiger partial charge in [-0.05, 0) is 95.1 Å². The maximum Gasteiger partial charge on any atom is 0.318 e. The molecular weight excluding hydrogens is 534 g/mol. The number of allylic oxidation sites excluding steroid dienone is 1. The van der Waals surface area contributed by atoms with E-state index in [0.29, 0.717) is 43.6 Å². The zero-order chi connectivity index (χ0) is 30.1. The van der Waals surface area contributed by atoms with Crippen molar-refractivity contribution in [2.45, 2.75) is 103 Å². The number of fused-ring (bicyclic) bond motifs is 2. The fourth-order valence-corrected chi connectivity index (χ4v) is 6.90. The number of likely N-dealkylation sites (tertiary alicyclic amines) is 1. The minimum Gasteiger partial charge on any atom is -0.344 e. The number of nitrogens with zero attached hydrogens (tertiary/aromatic N) is 1. The Morgan fingerprint density at radius 2 is 1.67 bits per heavy atom. The van der Waals surface area contributed by atoms with E-state index in [2.05, 4.69) is 21.3 Å². The van der Waals surface area contributed by atoms with Gasteiger partial charge in [-0.1, -0.05) is 30.7 Å². The van der Waals surface area contributed by atoms with E-state index in [1.807, 2.05) is 26.8 Å². The predicted octanol–water partition coefficient (Wildman–Crippen LogP) is 4.28. The van der Waals surface area contributed by atoms with Crippen LogP contribution >= 0.6 is 0 Å². The van der Waals surface area contributed by atoms with Crippen LogP contribution < -0.4 is 21.3 Å². The van der Waals surface area contributed by atoms with Gasteiger partial charge >= 0.3 is 6.03 Å². The molecule has 1 aromatic rings. The molecule has 0 bridgehead atoms. The predicted molar refractivity (Wildman–Crippen MR) is 160 cm³/mol. The van der Waals surface area contributed by atoms with Gasteiger partial charge in [0, 0.05) is 18.5 Å². The molecule has 10 heteroatoms. The van der Waals surface area contributed by atoms with Gasteiger partial charge in [0.25, 0.3) is 5.91 Å². The molecule has 5 rings (SSSR count). The van der Waals surface area contributed by atoms with Crippen molar-refractivity contribution in [2.75, 3.05) is 17.2 Å². The summed E-state index contributed by atoms with van der Waals surface area (Å²) >= 11 is 0. The van der Waals surface area contributed by atoms with Gasteiger partial charge in [0.2, 0.25) is 17.6 Å². The summed E-state index contributed by atoms with van der Waals surface area (Å²) in [6, 6.07) is 4.61. The van der Waals surface area contributed by atoms with E-state index in [-0.39, 0.29) is 29.2 Å². The van der Waals surface area contributed by atoms with E-state index in [0.717, 1.165) is 25.7 Å².